The summed E-state index contributed by atoms with van der Waals surface area (Å²) >= 11 is 0. The van der Waals surface area contributed by atoms with Crippen molar-refractivity contribution in [2.45, 2.75) is 105 Å². The number of carboxylic acids is 1. The van der Waals surface area contributed by atoms with Gasteiger partial charge in [-0.25, -0.2) is 4.79 Å². The summed E-state index contributed by atoms with van der Waals surface area (Å²) in [7, 11) is 0. The lowest BCUT2D eigenvalue weighted by Gasteiger charge is -2.19. The van der Waals surface area contributed by atoms with Crippen LogP contribution in [0.4, 0.5) is 4.79 Å². The number of nitrogens with one attached hydrogen (secondary N) is 1. The molecular formula is C30H47NO9. The average molecular weight is 566 g/mol. The second kappa shape index (κ2) is 19.0. The van der Waals surface area contributed by atoms with Gasteiger partial charge in [0.1, 0.15) is 12.1 Å². The number of esters is 2. The van der Waals surface area contributed by atoms with Crippen LogP contribution in [-0.4, -0.2) is 54.5 Å². The highest BCUT2D eigenvalue weighted by atomic mass is 16.7. The van der Waals surface area contributed by atoms with Crippen molar-refractivity contribution in [3.8, 4) is 11.5 Å². The highest BCUT2D eigenvalue weighted by Crippen LogP contribution is 2.30. The largest absolute Gasteiger partial charge is 0.508 e. The fourth-order valence-electron chi connectivity index (χ4n) is 3.54. The van der Waals surface area contributed by atoms with Crippen molar-refractivity contribution < 1.29 is 43.2 Å². The second-order valence-corrected chi connectivity index (χ2v) is 10.8. The van der Waals surface area contributed by atoms with Gasteiger partial charge < -0.3 is 29.4 Å². The van der Waals surface area contributed by atoms with E-state index in [1.807, 2.05) is 34.6 Å². The third-order valence-electron chi connectivity index (χ3n) is 5.96. The molecule has 1 aromatic rings. The zero-order chi connectivity index (χ0) is 30.1. The van der Waals surface area contributed by atoms with Gasteiger partial charge >= 0.3 is 24.1 Å². The quantitative estimate of drug-likeness (QED) is 0.122. The first kappa shape index (κ1) is 34.9. The molecule has 40 heavy (non-hydrogen) atoms. The minimum absolute atomic E-state index is 0.0433. The third kappa shape index (κ3) is 15.5. The SMILES string of the molecule is CCCCCOC(=O)OC(C)CN[C@@H](Cc1ccc(OC(=O)CCC(C)C)c(OC(=O)CCC(C)C)c1)C(=O)O. The lowest BCUT2D eigenvalue weighted by atomic mass is 10.0. The number of carboxylic acid groups (broad SMARTS) is 1. The maximum Gasteiger partial charge on any atom is 0.508 e. The van der Waals surface area contributed by atoms with E-state index in [1.165, 1.54) is 12.1 Å². The van der Waals surface area contributed by atoms with Crippen molar-refractivity contribution in [1.29, 1.82) is 0 Å². The maximum absolute atomic E-state index is 12.5. The van der Waals surface area contributed by atoms with E-state index in [2.05, 4.69) is 5.32 Å². The number of carbonyl (C=O) groups excluding carboxylic acids is 3. The van der Waals surface area contributed by atoms with Crippen LogP contribution in [0, 0.1) is 11.8 Å². The van der Waals surface area contributed by atoms with E-state index >= 15 is 0 Å². The molecule has 0 fully saturated rings. The van der Waals surface area contributed by atoms with Crippen LogP contribution in [0.15, 0.2) is 18.2 Å². The summed E-state index contributed by atoms with van der Waals surface area (Å²) in [6.45, 7) is 12.0. The molecule has 0 amide bonds. The summed E-state index contributed by atoms with van der Waals surface area (Å²) in [5.41, 5.74) is 0.553. The predicted molar refractivity (Wildman–Crippen MR) is 150 cm³/mol. The van der Waals surface area contributed by atoms with Gasteiger partial charge in [0.05, 0.1) is 6.61 Å². The van der Waals surface area contributed by atoms with Gasteiger partial charge in [-0.1, -0.05) is 53.5 Å². The van der Waals surface area contributed by atoms with Crippen molar-refractivity contribution in [3.05, 3.63) is 23.8 Å². The van der Waals surface area contributed by atoms with Crippen molar-refractivity contribution >= 4 is 24.1 Å². The Hall–Kier alpha value is -3.14. The van der Waals surface area contributed by atoms with Crippen molar-refractivity contribution in [1.82, 2.24) is 5.32 Å². The molecule has 1 rings (SSSR count). The summed E-state index contributed by atoms with van der Waals surface area (Å²) in [6, 6.07) is 3.63. The van der Waals surface area contributed by atoms with Gasteiger partial charge in [-0.2, -0.15) is 0 Å². The fourth-order valence-corrected chi connectivity index (χ4v) is 3.54. The number of benzene rings is 1. The zero-order valence-corrected chi connectivity index (χ0v) is 24.8. The van der Waals surface area contributed by atoms with E-state index in [1.54, 1.807) is 13.0 Å². The number of hydrogen-bond donors (Lipinski definition) is 2. The van der Waals surface area contributed by atoms with Gasteiger partial charge in [0.15, 0.2) is 11.5 Å². The lowest BCUT2D eigenvalue weighted by molar-refractivity contribution is -0.139. The summed E-state index contributed by atoms with van der Waals surface area (Å²) in [5.74, 6) is -1.20. The topological polar surface area (TPSA) is 137 Å². The normalized spacial score (nSPS) is 12.6. The van der Waals surface area contributed by atoms with Crippen molar-refractivity contribution in [2.75, 3.05) is 13.2 Å². The Morgan fingerprint density at radius 2 is 1.48 bits per heavy atom. The first-order valence-electron chi connectivity index (χ1n) is 14.2. The van der Waals surface area contributed by atoms with Crippen LogP contribution in [0.3, 0.4) is 0 Å². The molecule has 0 aliphatic heterocycles. The van der Waals surface area contributed by atoms with E-state index in [0.717, 1.165) is 19.3 Å². The highest BCUT2D eigenvalue weighted by Gasteiger charge is 2.22. The smallest absolute Gasteiger partial charge is 0.480 e. The first-order valence-corrected chi connectivity index (χ1v) is 14.2. The van der Waals surface area contributed by atoms with Crippen LogP contribution in [0.5, 0.6) is 11.5 Å². The molecule has 0 saturated heterocycles. The van der Waals surface area contributed by atoms with Crippen LogP contribution in [0.1, 0.15) is 92.1 Å². The minimum Gasteiger partial charge on any atom is -0.480 e. The van der Waals surface area contributed by atoms with Gasteiger partial charge in [0.2, 0.25) is 0 Å². The monoisotopic (exact) mass is 565 g/mol. The number of rotatable bonds is 19. The molecule has 0 bridgehead atoms. The maximum atomic E-state index is 12.5. The Kier molecular flexibility index (Phi) is 16.6. The number of hydrogen-bond acceptors (Lipinski definition) is 9. The van der Waals surface area contributed by atoms with Gasteiger partial charge in [-0.3, -0.25) is 14.4 Å². The Bertz CT molecular complexity index is 945. The van der Waals surface area contributed by atoms with Gasteiger partial charge in [0, 0.05) is 19.4 Å². The molecule has 0 aliphatic carbocycles. The Morgan fingerprint density at radius 3 is 2.02 bits per heavy atom. The summed E-state index contributed by atoms with van der Waals surface area (Å²) in [6.07, 6.45) is 3.05. The van der Waals surface area contributed by atoms with Crippen molar-refractivity contribution in [3.63, 3.8) is 0 Å². The minimum atomic E-state index is -1.10. The fraction of sp³-hybridized carbons (Fsp3) is 0.667. The van der Waals surface area contributed by atoms with E-state index in [9.17, 15) is 24.3 Å². The average Bonchev–Trinajstić information content (AvgIpc) is 2.87. The molecule has 0 radical (unpaired) electrons. The summed E-state index contributed by atoms with van der Waals surface area (Å²) < 4.78 is 21.2. The molecule has 2 N–H and O–H groups in total. The zero-order valence-electron chi connectivity index (χ0n) is 24.8. The molecule has 2 atom stereocenters. The molecule has 1 aromatic carbocycles. The molecule has 0 aliphatic rings. The standard InChI is InChI=1S/C30H47NO9/c1-7-8-9-16-37-30(36)38-22(6)19-31-24(29(34)35)17-23-12-13-25(39-27(32)14-10-20(2)3)26(18-23)40-28(33)15-11-21(4)5/h12-13,18,20-22,24,31H,7-11,14-17,19H2,1-6H3,(H,34,35)/t22?,24-/m0/s1. The molecule has 10 nitrogen and oxygen atoms in total. The van der Waals surface area contributed by atoms with Crippen LogP contribution >= 0.6 is 0 Å². The lowest BCUT2D eigenvalue weighted by Crippen LogP contribution is -2.42. The summed E-state index contributed by atoms with van der Waals surface area (Å²) in [5, 5.41) is 12.7. The van der Waals surface area contributed by atoms with Crippen LogP contribution in [-0.2, 0) is 30.3 Å². The Balaban J connectivity index is 2.89. The van der Waals surface area contributed by atoms with Crippen LogP contribution in [0.25, 0.3) is 0 Å². The van der Waals surface area contributed by atoms with Crippen molar-refractivity contribution in [2.24, 2.45) is 11.8 Å². The number of ether oxygens (including phenoxy) is 4. The molecule has 0 spiro atoms. The van der Waals surface area contributed by atoms with Gasteiger partial charge in [0.25, 0.3) is 0 Å². The molecular weight excluding hydrogens is 518 g/mol. The number of carbonyl (C=O) groups is 4. The molecule has 10 heteroatoms. The molecule has 1 unspecified atom stereocenters. The highest BCUT2D eigenvalue weighted by molar-refractivity contribution is 5.77. The van der Waals surface area contributed by atoms with E-state index < -0.39 is 36.2 Å². The third-order valence-corrected chi connectivity index (χ3v) is 5.96. The van der Waals surface area contributed by atoms with E-state index in [0.29, 0.717) is 30.2 Å². The van der Waals surface area contributed by atoms with Gasteiger partial charge in [-0.05, 0) is 62.1 Å². The van der Waals surface area contributed by atoms with Gasteiger partial charge in [-0.15, -0.1) is 0 Å². The predicted octanol–water partition coefficient (Wildman–Crippen LogP) is 5.69. The summed E-state index contributed by atoms with van der Waals surface area (Å²) in [4.78, 5) is 48.5. The molecule has 0 aromatic heterocycles. The second-order valence-electron chi connectivity index (χ2n) is 10.8. The first-order chi connectivity index (χ1) is 18.9. The molecule has 0 heterocycles. The number of unbranched alkanes of at least 4 members (excludes halogenated alkanes) is 2. The van der Waals surface area contributed by atoms with Crippen LogP contribution in [0.2, 0.25) is 0 Å². The number of aliphatic carboxylic acids is 1. The Labute approximate surface area is 238 Å². The molecule has 226 valence electrons. The Morgan fingerprint density at radius 1 is 0.875 bits per heavy atom. The van der Waals surface area contributed by atoms with E-state index in [-0.39, 0.29) is 43.9 Å². The molecule has 0 saturated carbocycles. The van der Waals surface area contributed by atoms with Crippen LogP contribution < -0.4 is 14.8 Å². The van der Waals surface area contributed by atoms with E-state index in [4.69, 9.17) is 18.9 Å².